The molecule has 1 nitrogen and oxygen atoms in total. The molecule has 74 valence electrons. The highest BCUT2D eigenvalue weighted by atomic mass is 19.1. The van der Waals surface area contributed by atoms with Crippen LogP contribution in [-0.2, 0) is 6.42 Å². The highest BCUT2D eigenvalue weighted by Crippen LogP contribution is 2.36. The van der Waals surface area contributed by atoms with Crippen molar-refractivity contribution in [3.05, 3.63) is 59.4 Å². The lowest BCUT2D eigenvalue weighted by Gasteiger charge is -2.20. The molecule has 0 amide bonds. The summed E-state index contributed by atoms with van der Waals surface area (Å²) in [6.45, 7) is 0. The second kappa shape index (κ2) is 3.09. The molecule has 0 atom stereocenters. The zero-order valence-corrected chi connectivity index (χ0v) is 8.03. The lowest BCUT2D eigenvalue weighted by Crippen LogP contribution is -2.04. The van der Waals surface area contributed by atoms with Crippen LogP contribution in [0.5, 0.6) is 11.5 Å². The van der Waals surface area contributed by atoms with Crippen LogP contribution in [0, 0.1) is 5.82 Å². The van der Waals surface area contributed by atoms with Gasteiger partial charge in [-0.2, -0.15) is 0 Å². The summed E-state index contributed by atoms with van der Waals surface area (Å²) in [5.41, 5.74) is 1.69. The predicted octanol–water partition coefficient (Wildman–Crippen LogP) is 3.52. The summed E-state index contributed by atoms with van der Waals surface area (Å²) >= 11 is 0. The second-order valence-electron chi connectivity index (χ2n) is 3.60. The molecule has 1 aliphatic rings. The van der Waals surface area contributed by atoms with Crippen LogP contribution in [0.3, 0.4) is 0 Å². The molecule has 15 heavy (non-hydrogen) atoms. The van der Waals surface area contributed by atoms with Crippen molar-refractivity contribution in [3.63, 3.8) is 0 Å². The van der Waals surface area contributed by atoms with E-state index in [1.807, 2.05) is 24.3 Å². The zero-order valence-electron chi connectivity index (χ0n) is 8.03. The van der Waals surface area contributed by atoms with Gasteiger partial charge in [0, 0.05) is 12.0 Å². The lowest BCUT2D eigenvalue weighted by molar-refractivity contribution is 0.450. The van der Waals surface area contributed by atoms with Gasteiger partial charge in [-0.15, -0.1) is 0 Å². The highest BCUT2D eigenvalue weighted by Gasteiger charge is 2.18. The second-order valence-corrected chi connectivity index (χ2v) is 3.60. The number of hydrogen-bond acceptors (Lipinski definition) is 1. The van der Waals surface area contributed by atoms with Crippen molar-refractivity contribution >= 4 is 0 Å². The van der Waals surface area contributed by atoms with Crippen LogP contribution < -0.4 is 4.74 Å². The normalized spacial score (nSPS) is 12.6. The van der Waals surface area contributed by atoms with Gasteiger partial charge in [0.1, 0.15) is 17.3 Å². The van der Waals surface area contributed by atoms with Crippen molar-refractivity contribution in [2.24, 2.45) is 0 Å². The molecule has 0 fully saturated rings. The van der Waals surface area contributed by atoms with Crippen LogP contribution in [0.25, 0.3) is 0 Å². The minimum absolute atomic E-state index is 0.193. The molecule has 1 heterocycles. The van der Waals surface area contributed by atoms with Gasteiger partial charge in [-0.05, 0) is 23.8 Å². The summed E-state index contributed by atoms with van der Waals surface area (Å²) in [5, 5.41) is 0. The Balaban J connectivity index is 2.15. The van der Waals surface area contributed by atoms with E-state index in [1.54, 1.807) is 12.1 Å². The maximum atomic E-state index is 13.5. The predicted molar refractivity (Wildman–Crippen MR) is 55.7 cm³/mol. The summed E-state index contributed by atoms with van der Waals surface area (Å²) in [7, 11) is 0. The van der Waals surface area contributed by atoms with Crippen molar-refractivity contribution in [2.45, 2.75) is 6.42 Å². The van der Waals surface area contributed by atoms with Crippen LogP contribution in [0.4, 0.5) is 4.39 Å². The smallest absolute Gasteiger partial charge is 0.133 e. The van der Waals surface area contributed by atoms with Gasteiger partial charge in [0.2, 0.25) is 0 Å². The molecular formula is C13H9FO. The average Bonchev–Trinajstić information content (AvgIpc) is 2.27. The lowest BCUT2D eigenvalue weighted by atomic mass is 10.0. The number of fused-ring (bicyclic) bond motifs is 2. The zero-order chi connectivity index (χ0) is 10.3. The molecule has 2 heteroatoms. The van der Waals surface area contributed by atoms with Crippen LogP contribution in [0.2, 0.25) is 0 Å². The van der Waals surface area contributed by atoms with E-state index in [0.717, 1.165) is 11.3 Å². The highest BCUT2D eigenvalue weighted by molar-refractivity contribution is 5.49. The van der Waals surface area contributed by atoms with E-state index in [1.165, 1.54) is 6.07 Å². The van der Waals surface area contributed by atoms with Gasteiger partial charge >= 0.3 is 0 Å². The molecule has 0 N–H and O–H groups in total. The van der Waals surface area contributed by atoms with E-state index in [0.29, 0.717) is 17.7 Å². The molecule has 0 spiro atoms. The molecule has 2 aromatic carbocycles. The summed E-state index contributed by atoms with van der Waals surface area (Å²) in [6, 6.07) is 12.7. The van der Waals surface area contributed by atoms with Crippen molar-refractivity contribution in [2.75, 3.05) is 0 Å². The standard InChI is InChI=1S/C13H9FO/c14-11-5-3-7-13-10(11)8-9-4-1-2-6-12(9)15-13/h1-7H,8H2. The SMILES string of the molecule is Fc1cccc2c1Cc1ccccc1O2. The maximum Gasteiger partial charge on any atom is 0.133 e. The van der Waals surface area contributed by atoms with E-state index in [4.69, 9.17) is 4.74 Å². The minimum atomic E-state index is -0.193. The topological polar surface area (TPSA) is 9.23 Å². The number of rotatable bonds is 0. The molecule has 2 aromatic rings. The van der Waals surface area contributed by atoms with E-state index in [2.05, 4.69) is 0 Å². The molecular weight excluding hydrogens is 191 g/mol. The van der Waals surface area contributed by atoms with Crippen molar-refractivity contribution in [1.82, 2.24) is 0 Å². The third-order valence-corrected chi connectivity index (χ3v) is 2.64. The summed E-state index contributed by atoms with van der Waals surface area (Å²) in [4.78, 5) is 0. The number of benzene rings is 2. The molecule has 0 aromatic heterocycles. The first-order valence-electron chi connectivity index (χ1n) is 4.88. The Hall–Kier alpha value is -1.83. The fourth-order valence-electron chi connectivity index (χ4n) is 1.86. The van der Waals surface area contributed by atoms with Crippen molar-refractivity contribution < 1.29 is 9.13 Å². The Labute approximate surface area is 87.1 Å². The molecule has 1 aliphatic heterocycles. The van der Waals surface area contributed by atoms with Gasteiger partial charge in [0.15, 0.2) is 0 Å². The Kier molecular flexibility index (Phi) is 1.75. The number of ether oxygens (including phenoxy) is 1. The fraction of sp³-hybridized carbons (Fsp3) is 0.0769. The van der Waals surface area contributed by atoms with Gasteiger partial charge in [-0.25, -0.2) is 4.39 Å². The Bertz CT molecular complexity index is 520. The summed E-state index contributed by atoms with van der Waals surface area (Å²) in [5.74, 6) is 1.27. The number of halogens is 1. The molecule has 0 saturated carbocycles. The van der Waals surface area contributed by atoms with Gasteiger partial charge < -0.3 is 4.74 Å². The Morgan fingerprint density at radius 3 is 2.67 bits per heavy atom. The monoisotopic (exact) mass is 200 g/mol. The number of hydrogen-bond donors (Lipinski definition) is 0. The van der Waals surface area contributed by atoms with Gasteiger partial charge in [0.05, 0.1) is 0 Å². The van der Waals surface area contributed by atoms with E-state index < -0.39 is 0 Å². The van der Waals surface area contributed by atoms with Crippen LogP contribution in [0.15, 0.2) is 42.5 Å². The molecule has 0 saturated heterocycles. The third-order valence-electron chi connectivity index (χ3n) is 2.64. The molecule has 0 radical (unpaired) electrons. The first-order valence-corrected chi connectivity index (χ1v) is 4.88. The third kappa shape index (κ3) is 1.30. The summed E-state index contributed by atoms with van der Waals surface area (Å²) in [6.07, 6.45) is 0.609. The van der Waals surface area contributed by atoms with Gasteiger partial charge in [-0.3, -0.25) is 0 Å². The largest absolute Gasteiger partial charge is 0.457 e. The van der Waals surface area contributed by atoms with Crippen LogP contribution >= 0.6 is 0 Å². The maximum absolute atomic E-state index is 13.5. The Morgan fingerprint density at radius 1 is 0.933 bits per heavy atom. The Morgan fingerprint density at radius 2 is 1.73 bits per heavy atom. The molecule has 0 bridgehead atoms. The van der Waals surface area contributed by atoms with Gasteiger partial charge in [0.25, 0.3) is 0 Å². The quantitative estimate of drug-likeness (QED) is 0.539. The van der Waals surface area contributed by atoms with Gasteiger partial charge in [-0.1, -0.05) is 24.3 Å². The van der Waals surface area contributed by atoms with Crippen LogP contribution in [0.1, 0.15) is 11.1 Å². The first-order chi connectivity index (χ1) is 7.34. The number of para-hydroxylation sites is 1. The van der Waals surface area contributed by atoms with Crippen LogP contribution in [-0.4, -0.2) is 0 Å². The molecule has 0 unspecified atom stereocenters. The summed E-state index contributed by atoms with van der Waals surface area (Å²) < 4.78 is 19.1. The fourth-order valence-corrected chi connectivity index (χ4v) is 1.86. The van der Waals surface area contributed by atoms with E-state index in [-0.39, 0.29) is 5.82 Å². The van der Waals surface area contributed by atoms with Crippen molar-refractivity contribution in [1.29, 1.82) is 0 Å². The average molecular weight is 200 g/mol. The van der Waals surface area contributed by atoms with E-state index >= 15 is 0 Å². The molecule has 3 rings (SSSR count). The molecule has 0 aliphatic carbocycles. The first kappa shape index (κ1) is 8.48. The van der Waals surface area contributed by atoms with Crippen molar-refractivity contribution in [3.8, 4) is 11.5 Å². The van der Waals surface area contributed by atoms with E-state index in [9.17, 15) is 4.39 Å². The minimum Gasteiger partial charge on any atom is -0.457 e.